The van der Waals surface area contributed by atoms with Gasteiger partial charge in [-0.25, -0.2) is 0 Å². The molecule has 2 heterocycles. The lowest BCUT2D eigenvalue weighted by molar-refractivity contribution is 0.930. The molecule has 0 atom stereocenters. The van der Waals surface area contributed by atoms with Crippen molar-refractivity contribution in [1.82, 2.24) is 4.57 Å². The zero-order valence-electron chi connectivity index (χ0n) is 31.3. The normalized spacial score (nSPS) is 13.0. The molecule has 0 N–H and O–H groups in total. The highest BCUT2D eigenvalue weighted by atomic mass is 32.1. The first-order valence-corrected chi connectivity index (χ1v) is 20.5. The summed E-state index contributed by atoms with van der Waals surface area (Å²) in [5.74, 6) is 0. The highest BCUT2D eigenvalue weighted by molar-refractivity contribution is 7.26. The molecule has 270 valence electrons. The molecule has 10 aromatic rings. The molecule has 0 unspecified atom stereocenters. The zero-order valence-corrected chi connectivity index (χ0v) is 32.2. The molecule has 2 aromatic heterocycles. The molecule has 0 amide bonds. The van der Waals surface area contributed by atoms with E-state index >= 15 is 0 Å². The minimum atomic E-state index is 0.956. The lowest BCUT2D eigenvalue weighted by Gasteiger charge is -2.30. The van der Waals surface area contributed by atoms with Crippen molar-refractivity contribution >= 4 is 70.3 Å². The second-order valence-electron chi connectivity index (χ2n) is 14.8. The van der Waals surface area contributed by atoms with Gasteiger partial charge >= 0.3 is 0 Å². The van der Waals surface area contributed by atoms with Crippen LogP contribution in [0.25, 0.3) is 75.5 Å². The quantitative estimate of drug-likeness (QED) is 0.158. The first kappa shape index (κ1) is 33.4. The fourth-order valence-electron chi connectivity index (χ4n) is 8.74. The van der Waals surface area contributed by atoms with Crippen LogP contribution in [0.2, 0.25) is 0 Å². The molecule has 3 heteroatoms. The number of hydrogen-bond donors (Lipinski definition) is 0. The monoisotopic (exact) mass is 746 g/mol. The largest absolute Gasteiger partial charge is 0.314 e. The van der Waals surface area contributed by atoms with E-state index in [1.54, 1.807) is 0 Å². The smallest absolute Gasteiger partial charge is 0.0555 e. The van der Waals surface area contributed by atoms with Gasteiger partial charge in [0, 0.05) is 53.7 Å². The van der Waals surface area contributed by atoms with Crippen LogP contribution in [0.5, 0.6) is 0 Å². The van der Waals surface area contributed by atoms with E-state index in [-0.39, 0.29) is 0 Å². The molecule has 0 saturated heterocycles. The molecule has 1 aliphatic carbocycles. The number of benzene rings is 8. The summed E-state index contributed by atoms with van der Waals surface area (Å²) >= 11 is 1.90. The SMILES string of the molecule is C1=C(c2ccccc2)CCC(N(c2ccc(-c3ccccc3)cc2)c2ccc(-c3ccc4c(c3)c3c5sc6ccccc6c5ccc3n4-c3ccccc3)cc2)=C1. The molecule has 0 saturated carbocycles. The van der Waals surface area contributed by atoms with Gasteiger partial charge in [-0.1, -0.05) is 140 Å². The summed E-state index contributed by atoms with van der Waals surface area (Å²) in [6, 6.07) is 70.8. The standard InChI is InChI=1S/C54H38N2S/c1-4-12-37(13-5-1)39-20-27-44(28-21-39)55(45-29-22-40(23-30-45)38-14-6-2-7-15-38)46-31-24-41(25-32-46)42-26-34-50-49(36-42)53-51(56(50)43-16-8-3-9-17-43)35-33-48-47-18-10-11-19-52(47)57-54(48)53/h1-22,24-29,31-36H,23,30H2. The van der Waals surface area contributed by atoms with Crippen molar-refractivity contribution in [3.05, 3.63) is 218 Å². The highest BCUT2D eigenvalue weighted by Crippen LogP contribution is 2.45. The van der Waals surface area contributed by atoms with Gasteiger partial charge in [0.1, 0.15) is 0 Å². The van der Waals surface area contributed by atoms with Gasteiger partial charge in [0.2, 0.25) is 0 Å². The van der Waals surface area contributed by atoms with Crippen LogP contribution in [0, 0.1) is 0 Å². The Labute approximate surface area is 336 Å². The van der Waals surface area contributed by atoms with E-state index in [0.29, 0.717) is 0 Å². The average molecular weight is 747 g/mol. The summed E-state index contributed by atoms with van der Waals surface area (Å²) in [5, 5.41) is 5.25. The first-order valence-electron chi connectivity index (χ1n) is 19.7. The molecule has 0 bridgehead atoms. The van der Waals surface area contributed by atoms with Crippen LogP contribution < -0.4 is 4.90 Å². The van der Waals surface area contributed by atoms with Gasteiger partial charge < -0.3 is 9.47 Å². The minimum absolute atomic E-state index is 0.956. The van der Waals surface area contributed by atoms with Gasteiger partial charge in [-0.2, -0.15) is 0 Å². The maximum absolute atomic E-state index is 2.44. The van der Waals surface area contributed by atoms with E-state index in [2.05, 4.69) is 216 Å². The lowest BCUT2D eigenvalue weighted by atomic mass is 9.94. The van der Waals surface area contributed by atoms with Crippen LogP contribution in [0.4, 0.5) is 11.4 Å². The molecular formula is C54H38N2S. The summed E-state index contributed by atoms with van der Waals surface area (Å²) in [4.78, 5) is 2.44. The van der Waals surface area contributed by atoms with E-state index in [9.17, 15) is 0 Å². The van der Waals surface area contributed by atoms with Crippen LogP contribution in [-0.2, 0) is 0 Å². The van der Waals surface area contributed by atoms with Crippen LogP contribution in [0.1, 0.15) is 18.4 Å². The molecule has 2 nitrogen and oxygen atoms in total. The number of anilines is 2. The number of allylic oxidation sites excluding steroid dienone is 4. The second kappa shape index (κ2) is 14.0. The molecule has 11 rings (SSSR count). The predicted molar refractivity (Wildman–Crippen MR) is 245 cm³/mol. The van der Waals surface area contributed by atoms with E-state index in [0.717, 1.165) is 24.2 Å². The molecular weight excluding hydrogens is 709 g/mol. The molecule has 1 aliphatic rings. The fourth-order valence-corrected chi connectivity index (χ4v) is 10.0. The van der Waals surface area contributed by atoms with Gasteiger partial charge in [0.25, 0.3) is 0 Å². The molecule has 0 spiro atoms. The maximum atomic E-state index is 2.44. The van der Waals surface area contributed by atoms with Crippen molar-refractivity contribution in [3.8, 4) is 27.9 Å². The number of rotatable bonds is 7. The van der Waals surface area contributed by atoms with Crippen molar-refractivity contribution in [2.45, 2.75) is 12.8 Å². The Bertz CT molecular complexity index is 3130. The lowest BCUT2D eigenvalue weighted by Crippen LogP contribution is -2.17. The van der Waals surface area contributed by atoms with Gasteiger partial charge in [0.15, 0.2) is 0 Å². The Balaban J connectivity index is 1.02. The van der Waals surface area contributed by atoms with Crippen LogP contribution in [0.3, 0.4) is 0 Å². The van der Waals surface area contributed by atoms with E-state index in [1.807, 2.05) is 11.3 Å². The van der Waals surface area contributed by atoms with Crippen LogP contribution in [-0.4, -0.2) is 4.57 Å². The van der Waals surface area contributed by atoms with Crippen molar-refractivity contribution < 1.29 is 0 Å². The molecule has 0 fully saturated rings. The van der Waals surface area contributed by atoms with Crippen molar-refractivity contribution in [2.24, 2.45) is 0 Å². The van der Waals surface area contributed by atoms with Crippen LogP contribution >= 0.6 is 11.3 Å². The van der Waals surface area contributed by atoms with E-state index in [4.69, 9.17) is 0 Å². The summed E-state index contributed by atoms with van der Waals surface area (Å²) in [6.07, 6.45) is 6.58. The second-order valence-corrected chi connectivity index (χ2v) is 15.9. The molecule has 57 heavy (non-hydrogen) atoms. The number of nitrogens with zero attached hydrogens (tertiary/aromatic N) is 2. The average Bonchev–Trinajstić information content (AvgIpc) is 3.84. The first-order chi connectivity index (χ1) is 28.3. The number of hydrogen-bond acceptors (Lipinski definition) is 2. The van der Waals surface area contributed by atoms with Crippen molar-refractivity contribution in [2.75, 3.05) is 4.90 Å². The maximum Gasteiger partial charge on any atom is 0.0555 e. The van der Waals surface area contributed by atoms with Gasteiger partial charge in [-0.15, -0.1) is 11.3 Å². The Morgan fingerprint density at radius 2 is 1.00 bits per heavy atom. The fraction of sp³-hybridized carbons (Fsp3) is 0.0370. The summed E-state index contributed by atoms with van der Waals surface area (Å²) in [5.41, 5.74) is 14.8. The molecule has 0 radical (unpaired) electrons. The number of thiophene rings is 1. The van der Waals surface area contributed by atoms with Gasteiger partial charge in [-0.3, -0.25) is 0 Å². The van der Waals surface area contributed by atoms with Crippen LogP contribution in [0.15, 0.2) is 212 Å². The van der Waals surface area contributed by atoms with Gasteiger partial charge in [-0.05, 0) is 113 Å². The Hall–Kier alpha value is -6.94. The van der Waals surface area contributed by atoms with E-state index < -0.39 is 0 Å². The third-order valence-corrected chi connectivity index (χ3v) is 12.7. The topological polar surface area (TPSA) is 8.17 Å². The number of aromatic nitrogens is 1. The van der Waals surface area contributed by atoms with Crippen molar-refractivity contribution in [1.29, 1.82) is 0 Å². The Kier molecular flexibility index (Phi) is 8.19. The minimum Gasteiger partial charge on any atom is -0.314 e. The highest BCUT2D eigenvalue weighted by Gasteiger charge is 2.20. The zero-order chi connectivity index (χ0) is 37.7. The predicted octanol–water partition coefficient (Wildman–Crippen LogP) is 15.4. The number of fused-ring (bicyclic) bond motifs is 7. The summed E-state index contributed by atoms with van der Waals surface area (Å²) in [7, 11) is 0. The number of para-hydroxylation sites is 1. The Morgan fingerprint density at radius 1 is 0.421 bits per heavy atom. The van der Waals surface area contributed by atoms with E-state index in [1.165, 1.54) is 86.8 Å². The van der Waals surface area contributed by atoms with Crippen molar-refractivity contribution in [3.63, 3.8) is 0 Å². The van der Waals surface area contributed by atoms with Gasteiger partial charge in [0.05, 0.1) is 11.0 Å². The molecule has 8 aromatic carbocycles. The third kappa shape index (κ3) is 5.87. The Morgan fingerprint density at radius 3 is 1.68 bits per heavy atom. The molecule has 0 aliphatic heterocycles. The summed E-state index contributed by atoms with van der Waals surface area (Å²) < 4.78 is 5.10. The summed E-state index contributed by atoms with van der Waals surface area (Å²) in [6.45, 7) is 0. The third-order valence-electron chi connectivity index (χ3n) is 11.5.